The Labute approximate surface area is 223 Å². The summed E-state index contributed by atoms with van der Waals surface area (Å²) in [6.07, 6.45) is -9.38. The topological polar surface area (TPSA) is 60.7 Å². The third-order valence-electron chi connectivity index (χ3n) is 7.02. The molecule has 0 saturated heterocycles. The zero-order chi connectivity index (χ0) is 29.0. The van der Waals surface area contributed by atoms with E-state index in [1.165, 1.54) is 6.07 Å². The normalized spacial score (nSPS) is 12.7. The molecule has 212 valence electrons. The summed E-state index contributed by atoms with van der Waals surface area (Å²) in [5, 5.41) is 28.9. The summed E-state index contributed by atoms with van der Waals surface area (Å²) >= 11 is 0. The molecular formula is C30H32F6O3. The third-order valence-corrected chi connectivity index (χ3v) is 7.02. The number of aliphatic hydroxyl groups is 3. The van der Waals surface area contributed by atoms with Gasteiger partial charge in [-0.1, -0.05) is 74.9 Å². The molecule has 0 radical (unpaired) electrons. The second-order valence-electron chi connectivity index (χ2n) is 9.59. The molecular weight excluding hydrogens is 522 g/mol. The number of alkyl halides is 6. The number of hydrogen-bond donors (Lipinski definition) is 3. The van der Waals surface area contributed by atoms with Crippen LogP contribution in [0.1, 0.15) is 59.2 Å². The van der Waals surface area contributed by atoms with Crippen LogP contribution < -0.4 is 0 Å². The number of aliphatic hydroxyl groups excluding tert-OH is 2. The lowest BCUT2D eigenvalue weighted by molar-refractivity contribution is -0.376. The molecule has 0 aliphatic rings. The molecule has 0 unspecified atom stereocenters. The molecule has 0 saturated carbocycles. The fraction of sp³-hybridized carbons (Fsp3) is 0.400. The number of hydrogen-bond acceptors (Lipinski definition) is 3. The maximum Gasteiger partial charge on any atom is 0.430 e. The van der Waals surface area contributed by atoms with Crippen molar-refractivity contribution in [2.75, 3.05) is 0 Å². The molecule has 0 bridgehead atoms. The standard InChI is InChI=1S/C30H32F6O3/c1-3-5-22-16-25(28(39,29(31,32)33)30(34,35)36)12-13-26(22)27-15-20(8-10-21(27)4-2)7-6-19-9-11-23(17-37)24(14-19)18-38/h8-16,37-39H,3-7,17-18H2,1-2H3. The average molecular weight is 555 g/mol. The minimum absolute atomic E-state index is 0.180. The van der Waals surface area contributed by atoms with Crippen LogP contribution in [-0.2, 0) is 44.5 Å². The van der Waals surface area contributed by atoms with E-state index in [1.54, 1.807) is 13.0 Å². The van der Waals surface area contributed by atoms with Crippen LogP contribution in [0.5, 0.6) is 0 Å². The summed E-state index contributed by atoms with van der Waals surface area (Å²) in [6.45, 7) is 3.31. The summed E-state index contributed by atoms with van der Waals surface area (Å²) in [5.74, 6) is 0. The van der Waals surface area contributed by atoms with Crippen LogP contribution in [0.2, 0.25) is 0 Å². The minimum atomic E-state index is -5.95. The van der Waals surface area contributed by atoms with Crippen LogP contribution >= 0.6 is 0 Å². The molecule has 0 aromatic heterocycles. The lowest BCUT2D eigenvalue weighted by Gasteiger charge is -2.33. The van der Waals surface area contributed by atoms with Crippen LogP contribution in [0.15, 0.2) is 54.6 Å². The third kappa shape index (κ3) is 6.31. The van der Waals surface area contributed by atoms with Gasteiger partial charge in [-0.2, -0.15) is 26.3 Å². The van der Waals surface area contributed by atoms with E-state index >= 15 is 0 Å². The summed E-state index contributed by atoms with van der Waals surface area (Å²) in [6, 6.07) is 14.0. The van der Waals surface area contributed by atoms with Gasteiger partial charge in [-0.15, -0.1) is 0 Å². The molecule has 0 amide bonds. The first-order chi connectivity index (χ1) is 18.3. The zero-order valence-electron chi connectivity index (χ0n) is 21.8. The molecule has 0 fully saturated rings. The number of halogens is 6. The quantitative estimate of drug-likeness (QED) is 0.238. The molecule has 0 aliphatic carbocycles. The van der Waals surface area contributed by atoms with E-state index in [0.29, 0.717) is 54.0 Å². The monoisotopic (exact) mass is 554 g/mol. The summed E-state index contributed by atoms with van der Waals surface area (Å²) < 4.78 is 81.1. The maximum absolute atomic E-state index is 13.5. The van der Waals surface area contributed by atoms with Crippen molar-refractivity contribution in [3.05, 3.63) is 93.5 Å². The van der Waals surface area contributed by atoms with Crippen molar-refractivity contribution in [2.24, 2.45) is 0 Å². The molecule has 39 heavy (non-hydrogen) atoms. The SMILES string of the molecule is CCCc1cc(C(O)(C(F)(F)F)C(F)(F)F)ccc1-c1cc(CCc2ccc(CO)c(CO)c2)ccc1CC. The summed E-state index contributed by atoms with van der Waals surface area (Å²) in [5.41, 5.74) is -0.643. The minimum Gasteiger partial charge on any atom is -0.392 e. The second kappa shape index (κ2) is 12.1. The Morgan fingerprint density at radius 2 is 1.15 bits per heavy atom. The van der Waals surface area contributed by atoms with Gasteiger partial charge in [0, 0.05) is 5.56 Å². The molecule has 0 heterocycles. The van der Waals surface area contributed by atoms with Crippen molar-refractivity contribution in [1.29, 1.82) is 0 Å². The highest BCUT2D eigenvalue weighted by Crippen LogP contribution is 2.50. The van der Waals surface area contributed by atoms with E-state index in [1.807, 2.05) is 37.3 Å². The molecule has 0 atom stereocenters. The van der Waals surface area contributed by atoms with E-state index in [-0.39, 0.29) is 19.6 Å². The van der Waals surface area contributed by atoms with Gasteiger partial charge in [0.05, 0.1) is 13.2 Å². The van der Waals surface area contributed by atoms with Gasteiger partial charge in [0.25, 0.3) is 5.60 Å². The van der Waals surface area contributed by atoms with Gasteiger partial charge in [-0.25, -0.2) is 0 Å². The number of aryl methyl sites for hydroxylation is 4. The Kier molecular flexibility index (Phi) is 9.51. The Morgan fingerprint density at radius 3 is 1.67 bits per heavy atom. The lowest BCUT2D eigenvalue weighted by atomic mass is 9.85. The highest BCUT2D eigenvalue weighted by molar-refractivity contribution is 5.72. The largest absolute Gasteiger partial charge is 0.430 e. The Balaban J connectivity index is 2.04. The van der Waals surface area contributed by atoms with Gasteiger partial charge in [0.2, 0.25) is 0 Å². The van der Waals surface area contributed by atoms with Crippen LogP contribution in [0.3, 0.4) is 0 Å². The molecule has 3 rings (SSSR count). The fourth-order valence-corrected chi connectivity index (χ4v) is 4.81. The van der Waals surface area contributed by atoms with Crippen molar-refractivity contribution in [3.8, 4) is 11.1 Å². The average Bonchev–Trinajstić information content (AvgIpc) is 2.90. The van der Waals surface area contributed by atoms with Gasteiger partial charge in [0.1, 0.15) is 0 Å². The highest BCUT2D eigenvalue weighted by Gasteiger charge is 2.71. The number of benzene rings is 3. The lowest BCUT2D eigenvalue weighted by Crippen LogP contribution is -2.53. The van der Waals surface area contributed by atoms with E-state index in [4.69, 9.17) is 0 Å². The fourth-order valence-electron chi connectivity index (χ4n) is 4.81. The molecule has 0 spiro atoms. The molecule has 3 N–H and O–H groups in total. The van der Waals surface area contributed by atoms with Crippen molar-refractivity contribution in [3.63, 3.8) is 0 Å². The predicted molar refractivity (Wildman–Crippen MR) is 137 cm³/mol. The maximum atomic E-state index is 13.5. The van der Waals surface area contributed by atoms with E-state index in [2.05, 4.69) is 0 Å². The van der Waals surface area contributed by atoms with E-state index < -0.39 is 23.5 Å². The van der Waals surface area contributed by atoms with Gasteiger partial charge >= 0.3 is 12.4 Å². The van der Waals surface area contributed by atoms with Crippen LogP contribution in [0.25, 0.3) is 11.1 Å². The van der Waals surface area contributed by atoms with Crippen molar-refractivity contribution in [1.82, 2.24) is 0 Å². The second-order valence-corrected chi connectivity index (χ2v) is 9.59. The van der Waals surface area contributed by atoms with Crippen molar-refractivity contribution < 1.29 is 41.7 Å². The van der Waals surface area contributed by atoms with Crippen LogP contribution in [-0.4, -0.2) is 27.7 Å². The smallest absolute Gasteiger partial charge is 0.392 e. The predicted octanol–water partition coefficient (Wildman–Crippen LogP) is 6.95. The summed E-state index contributed by atoms with van der Waals surface area (Å²) in [4.78, 5) is 0. The van der Waals surface area contributed by atoms with Gasteiger partial charge in [0.15, 0.2) is 0 Å². The molecule has 9 heteroatoms. The zero-order valence-corrected chi connectivity index (χ0v) is 21.8. The molecule has 3 aromatic rings. The Morgan fingerprint density at radius 1 is 0.590 bits per heavy atom. The van der Waals surface area contributed by atoms with Crippen LogP contribution in [0.4, 0.5) is 26.3 Å². The Bertz CT molecular complexity index is 1270. The molecule has 0 aliphatic heterocycles. The van der Waals surface area contributed by atoms with Gasteiger partial charge < -0.3 is 15.3 Å². The van der Waals surface area contributed by atoms with E-state index in [9.17, 15) is 41.7 Å². The summed E-state index contributed by atoms with van der Waals surface area (Å²) in [7, 11) is 0. The van der Waals surface area contributed by atoms with Crippen molar-refractivity contribution in [2.45, 2.75) is 77.1 Å². The van der Waals surface area contributed by atoms with Crippen LogP contribution in [0, 0.1) is 0 Å². The molecule has 3 nitrogen and oxygen atoms in total. The van der Waals surface area contributed by atoms with Crippen molar-refractivity contribution >= 4 is 0 Å². The first kappa shape index (κ1) is 30.7. The van der Waals surface area contributed by atoms with E-state index in [0.717, 1.165) is 28.3 Å². The van der Waals surface area contributed by atoms with Gasteiger partial charge in [-0.3, -0.25) is 0 Å². The Hall–Kier alpha value is -2.88. The first-order valence-corrected chi connectivity index (χ1v) is 12.7. The highest BCUT2D eigenvalue weighted by atomic mass is 19.4. The first-order valence-electron chi connectivity index (χ1n) is 12.7. The number of rotatable bonds is 10. The molecule has 3 aromatic carbocycles. The van der Waals surface area contributed by atoms with Gasteiger partial charge in [-0.05, 0) is 70.2 Å².